The molecule has 1 aliphatic rings. The normalized spacial score (nSPS) is 13.5. The van der Waals surface area contributed by atoms with Crippen LogP contribution in [0.2, 0.25) is 0 Å². The summed E-state index contributed by atoms with van der Waals surface area (Å²) in [5, 5.41) is 8.49. The Balaban J connectivity index is 1.36. The van der Waals surface area contributed by atoms with Crippen molar-refractivity contribution in [1.29, 1.82) is 0 Å². The molecule has 0 bridgehead atoms. The monoisotopic (exact) mass is 364 g/mol. The molecule has 1 N–H and O–H groups in total. The molecule has 0 fully saturated rings. The van der Waals surface area contributed by atoms with Gasteiger partial charge in [0.1, 0.15) is 6.54 Å². The maximum absolute atomic E-state index is 12.2. The molecule has 2 aromatic heterocycles. The smallest absolute Gasteiger partial charge is 0.267 e. The molecule has 27 heavy (non-hydrogen) atoms. The Morgan fingerprint density at radius 1 is 1.19 bits per heavy atom. The third kappa shape index (κ3) is 3.79. The van der Waals surface area contributed by atoms with E-state index in [2.05, 4.69) is 46.2 Å². The van der Waals surface area contributed by atoms with Gasteiger partial charge in [0, 0.05) is 30.9 Å². The molecule has 4 rings (SSSR count). The van der Waals surface area contributed by atoms with Crippen molar-refractivity contribution >= 4 is 16.8 Å². The zero-order chi connectivity index (χ0) is 18.8. The summed E-state index contributed by atoms with van der Waals surface area (Å²) in [6.45, 7) is 3.24. The number of hydrogen-bond acceptors (Lipinski definition) is 3. The molecule has 1 aliphatic carbocycles. The molecule has 3 aromatic rings. The van der Waals surface area contributed by atoms with E-state index >= 15 is 0 Å². The summed E-state index contributed by atoms with van der Waals surface area (Å²) in [6, 6.07) is 10.1. The average molecular weight is 364 g/mol. The first-order valence-electron chi connectivity index (χ1n) is 9.52. The summed E-state index contributed by atoms with van der Waals surface area (Å²) in [4.78, 5) is 24.4. The van der Waals surface area contributed by atoms with Crippen LogP contribution < -0.4 is 10.9 Å². The molecule has 1 aromatic carbocycles. The van der Waals surface area contributed by atoms with Crippen molar-refractivity contribution in [2.75, 3.05) is 6.54 Å². The van der Waals surface area contributed by atoms with Gasteiger partial charge in [-0.25, -0.2) is 4.68 Å². The Bertz CT molecular complexity index is 1050. The van der Waals surface area contributed by atoms with Crippen molar-refractivity contribution < 1.29 is 4.79 Å². The van der Waals surface area contributed by atoms with E-state index in [0.29, 0.717) is 13.1 Å². The molecule has 0 aliphatic heterocycles. The van der Waals surface area contributed by atoms with Crippen LogP contribution in [0.25, 0.3) is 10.9 Å². The highest BCUT2D eigenvalue weighted by molar-refractivity contribution is 5.81. The molecule has 0 atom stereocenters. The lowest BCUT2D eigenvalue weighted by atomic mass is 9.97. The lowest BCUT2D eigenvalue weighted by Gasteiger charge is -2.15. The molecule has 140 valence electrons. The number of carbonyl (C=O) groups is 1. The minimum Gasteiger partial charge on any atom is -0.353 e. The highest BCUT2D eigenvalue weighted by Crippen LogP contribution is 2.17. The number of amides is 1. The van der Waals surface area contributed by atoms with E-state index in [-0.39, 0.29) is 18.0 Å². The van der Waals surface area contributed by atoms with Crippen molar-refractivity contribution in [2.24, 2.45) is 0 Å². The van der Waals surface area contributed by atoms with Crippen LogP contribution in [-0.4, -0.2) is 26.8 Å². The summed E-state index contributed by atoms with van der Waals surface area (Å²) >= 11 is 0. The van der Waals surface area contributed by atoms with Gasteiger partial charge in [0.25, 0.3) is 5.56 Å². The minimum absolute atomic E-state index is 0.0300. The second kappa shape index (κ2) is 7.39. The third-order valence-corrected chi connectivity index (χ3v) is 5.17. The average Bonchev–Trinajstić information content (AvgIpc) is 3.04. The summed E-state index contributed by atoms with van der Waals surface area (Å²) < 4.78 is 3.41. The van der Waals surface area contributed by atoms with Crippen LogP contribution in [0.1, 0.15) is 29.7 Å². The molecule has 6 heteroatoms. The second-order valence-electron chi connectivity index (χ2n) is 7.24. The molecule has 0 saturated heterocycles. The van der Waals surface area contributed by atoms with E-state index in [0.717, 1.165) is 42.5 Å². The van der Waals surface area contributed by atoms with Gasteiger partial charge in [-0.3, -0.25) is 9.59 Å². The van der Waals surface area contributed by atoms with Gasteiger partial charge in [-0.15, -0.1) is 0 Å². The molecule has 0 radical (unpaired) electrons. The summed E-state index contributed by atoms with van der Waals surface area (Å²) in [6.07, 6.45) is 6.03. The van der Waals surface area contributed by atoms with Crippen molar-refractivity contribution in [1.82, 2.24) is 19.7 Å². The Morgan fingerprint density at radius 3 is 2.93 bits per heavy atom. The highest BCUT2D eigenvalue weighted by atomic mass is 16.2. The fourth-order valence-corrected chi connectivity index (χ4v) is 3.74. The van der Waals surface area contributed by atoms with E-state index in [1.54, 1.807) is 6.07 Å². The minimum atomic E-state index is -0.197. The molecule has 0 saturated carbocycles. The van der Waals surface area contributed by atoms with Crippen LogP contribution >= 0.6 is 0 Å². The third-order valence-electron chi connectivity index (χ3n) is 5.17. The summed E-state index contributed by atoms with van der Waals surface area (Å²) in [7, 11) is 0. The predicted molar refractivity (Wildman–Crippen MR) is 105 cm³/mol. The second-order valence-corrected chi connectivity index (χ2v) is 7.24. The molecule has 1 amide bonds. The first-order chi connectivity index (χ1) is 13.1. The van der Waals surface area contributed by atoms with Crippen LogP contribution in [0.4, 0.5) is 0 Å². The first-order valence-corrected chi connectivity index (χ1v) is 9.52. The van der Waals surface area contributed by atoms with Gasteiger partial charge in [-0.2, -0.15) is 5.10 Å². The van der Waals surface area contributed by atoms with Crippen molar-refractivity contribution in [2.45, 2.75) is 45.7 Å². The molecule has 0 unspecified atom stereocenters. The fourth-order valence-electron chi connectivity index (χ4n) is 3.74. The number of hydrogen-bond donors (Lipinski definition) is 1. The lowest BCUT2D eigenvalue weighted by molar-refractivity contribution is -0.121. The molecule has 2 heterocycles. The Hall–Kier alpha value is -2.89. The molecular weight excluding hydrogens is 340 g/mol. The van der Waals surface area contributed by atoms with E-state index in [1.165, 1.54) is 15.6 Å². The zero-order valence-electron chi connectivity index (χ0n) is 15.6. The van der Waals surface area contributed by atoms with Gasteiger partial charge in [-0.05, 0) is 61.8 Å². The maximum Gasteiger partial charge on any atom is 0.267 e. The van der Waals surface area contributed by atoms with Gasteiger partial charge in [-0.1, -0.05) is 11.6 Å². The topological polar surface area (TPSA) is 68.9 Å². The Kier molecular flexibility index (Phi) is 4.79. The number of fused-ring (bicyclic) bond motifs is 2. The number of nitrogens with zero attached hydrogens (tertiary/aromatic N) is 3. The van der Waals surface area contributed by atoms with E-state index in [9.17, 15) is 9.59 Å². The van der Waals surface area contributed by atoms with Gasteiger partial charge < -0.3 is 9.88 Å². The SMILES string of the molecule is Cc1ccc2c(ccn2CCNC(=O)Cn2nc3c(cc2=O)CCCC3)c1. The van der Waals surface area contributed by atoms with Crippen LogP contribution in [0.15, 0.2) is 41.3 Å². The lowest BCUT2D eigenvalue weighted by Crippen LogP contribution is -2.36. The fraction of sp³-hybridized carbons (Fsp3) is 0.381. The first kappa shape index (κ1) is 17.5. The number of benzene rings is 1. The largest absolute Gasteiger partial charge is 0.353 e. The summed E-state index contributed by atoms with van der Waals surface area (Å²) in [5.41, 5.74) is 4.19. The van der Waals surface area contributed by atoms with E-state index in [4.69, 9.17) is 0 Å². The Labute approximate surface area is 157 Å². The molecule has 0 spiro atoms. The number of carbonyl (C=O) groups excluding carboxylic acids is 1. The number of rotatable bonds is 5. The van der Waals surface area contributed by atoms with Gasteiger partial charge in [0.05, 0.1) is 5.69 Å². The van der Waals surface area contributed by atoms with Crippen molar-refractivity contribution in [3.8, 4) is 0 Å². The molecule has 6 nitrogen and oxygen atoms in total. The standard InChI is InChI=1S/C21H24N4O2/c1-15-6-7-19-17(12-15)8-10-24(19)11-9-22-20(26)14-25-21(27)13-16-4-2-3-5-18(16)23-25/h6-8,10,12-13H,2-5,9,11,14H2,1H3,(H,22,26). The van der Waals surface area contributed by atoms with Gasteiger partial charge in [0.15, 0.2) is 0 Å². The van der Waals surface area contributed by atoms with E-state index < -0.39 is 0 Å². The quantitative estimate of drug-likeness (QED) is 0.755. The summed E-state index contributed by atoms with van der Waals surface area (Å²) in [5.74, 6) is -0.187. The van der Waals surface area contributed by atoms with Crippen molar-refractivity contribution in [3.63, 3.8) is 0 Å². The predicted octanol–water partition coefficient (Wildman–Crippen LogP) is 2.20. The maximum atomic E-state index is 12.2. The Morgan fingerprint density at radius 2 is 2.04 bits per heavy atom. The number of aromatic nitrogens is 3. The zero-order valence-corrected chi connectivity index (χ0v) is 15.6. The van der Waals surface area contributed by atoms with E-state index in [1.807, 2.05) is 6.20 Å². The van der Waals surface area contributed by atoms with Crippen molar-refractivity contribution in [3.05, 3.63) is 63.7 Å². The van der Waals surface area contributed by atoms with Crippen LogP contribution in [0.5, 0.6) is 0 Å². The molecular formula is C21H24N4O2. The van der Waals surface area contributed by atoms with Crippen LogP contribution in [0, 0.1) is 6.92 Å². The number of nitrogens with one attached hydrogen (secondary N) is 1. The van der Waals surface area contributed by atoms with Gasteiger partial charge >= 0.3 is 0 Å². The van der Waals surface area contributed by atoms with Gasteiger partial charge in [0.2, 0.25) is 5.91 Å². The number of aryl methyl sites for hydroxylation is 3. The van der Waals surface area contributed by atoms with Crippen LogP contribution in [-0.2, 0) is 30.7 Å². The van der Waals surface area contributed by atoms with Crippen LogP contribution in [0.3, 0.4) is 0 Å². The highest BCUT2D eigenvalue weighted by Gasteiger charge is 2.14.